The minimum absolute atomic E-state index is 0.137. The molecule has 0 radical (unpaired) electrons. The van der Waals surface area contributed by atoms with Crippen molar-refractivity contribution in [2.24, 2.45) is 7.05 Å². The first-order valence-corrected chi connectivity index (χ1v) is 11.8. The Labute approximate surface area is 200 Å². The lowest BCUT2D eigenvalue weighted by Gasteiger charge is -2.29. The molecule has 0 saturated heterocycles. The first-order valence-electron chi connectivity index (χ1n) is 11.4. The van der Waals surface area contributed by atoms with Gasteiger partial charge in [0.1, 0.15) is 10.6 Å². The van der Waals surface area contributed by atoms with Gasteiger partial charge in [0.25, 0.3) is 5.56 Å². The highest BCUT2D eigenvalue weighted by molar-refractivity contribution is 6.33. The molecule has 1 aromatic carbocycles. The second kappa shape index (κ2) is 11.0. The van der Waals surface area contributed by atoms with E-state index in [1.54, 1.807) is 13.2 Å². The number of amides is 1. The van der Waals surface area contributed by atoms with Gasteiger partial charge >= 0.3 is 6.09 Å². The third-order valence-corrected chi connectivity index (χ3v) is 5.84. The molecule has 0 spiro atoms. The second-order valence-electron chi connectivity index (χ2n) is 9.42. The van der Waals surface area contributed by atoms with Crippen molar-refractivity contribution in [2.75, 3.05) is 25.0 Å². The number of rotatable bonds is 8. The molecule has 0 saturated carbocycles. The zero-order valence-corrected chi connectivity index (χ0v) is 20.7. The van der Waals surface area contributed by atoms with E-state index >= 15 is 0 Å². The number of benzene rings is 1. The van der Waals surface area contributed by atoms with E-state index in [2.05, 4.69) is 32.8 Å². The SMILES string of the molecule is Cn1ncc(Nc2ccc3c(c2)CCN(CCCCCNC(=O)OC(C)(C)C)C3)c(Cl)c1=O. The van der Waals surface area contributed by atoms with Crippen molar-refractivity contribution in [1.29, 1.82) is 0 Å². The van der Waals surface area contributed by atoms with Crippen LogP contribution in [0.4, 0.5) is 16.2 Å². The van der Waals surface area contributed by atoms with Crippen molar-refractivity contribution in [2.45, 2.75) is 58.6 Å². The summed E-state index contributed by atoms with van der Waals surface area (Å²) in [5, 5.41) is 10.2. The van der Waals surface area contributed by atoms with E-state index in [9.17, 15) is 9.59 Å². The molecule has 1 aliphatic heterocycles. The van der Waals surface area contributed by atoms with E-state index in [-0.39, 0.29) is 16.7 Å². The molecule has 0 unspecified atom stereocenters. The summed E-state index contributed by atoms with van der Waals surface area (Å²) in [5.41, 5.74) is 3.26. The summed E-state index contributed by atoms with van der Waals surface area (Å²) in [4.78, 5) is 26.1. The van der Waals surface area contributed by atoms with Gasteiger partial charge in [0.05, 0.1) is 11.9 Å². The number of ether oxygens (including phenoxy) is 1. The number of carbonyl (C=O) groups excluding carboxylic acids is 1. The number of fused-ring (bicyclic) bond motifs is 1. The Bertz CT molecular complexity index is 1030. The van der Waals surface area contributed by atoms with Gasteiger partial charge in [-0.15, -0.1) is 0 Å². The van der Waals surface area contributed by atoms with Crippen molar-refractivity contribution in [3.8, 4) is 0 Å². The zero-order chi connectivity index (χ0) is 24.0. The van der Waals surface area contributed by atoms with Crippen LogP contribution in [0.1, 0.15) is 51.2 Å². The number of anilines is 2. The highest BCUT2D eigenvalue weighted by Crippen LogP contribution is 2.26. The fourth-order valence-corrected chi connectivity index (χ4v) is 3.99. The van der Waals surface area contributed by atoms with Gasteiger partial charge in [-0.2, -0.15) is 5.10 Å². The lowest BCUT2D eigenvalue weighted by molar-refractivity contribution is 0.0527. The van der Waals surface area contributed by atoms with Gasteiger partial charge in [0, 0.05) is 32.4 Å². The van der Waals surface area contributed by atoms with Crippen LogP contribution in [0.15, 0.2) is 29.2 Å². The van der Waals surface area contributed by atoms with Crippen LogP contribution in [0, 0.1) is 0 Å². The summed E-state index contributed by atoms with van der Waals surface area (Å²) in [5.74, 6) is 0. The van der Waals surface area contributed by atoms with Crippen molar-refractivity contribution < 1.29 is 9.53 Å². The third kappa shape index (κ3) is 7.47. The maximum atomic E-state index is 12.0. The van der Waals surface area contributed by atoms with Crippen LogP contribution in [-0.4, -0.2) is 46.0 Å². The van der Waals surface area contributed by atoms with Gasteiger partial charge in [0.2, 0.25) is 0 Å². The minimum atomic E-state index is -0.462. The Morgan fingerprint density at radius 1 is 1.21 bits per heavy atom. The molecule has 2 aromatic rings. The molecule has 0 fully saturated rings. The van der Waals surface area contributed by atoms with Crippen LogP contribution in [0.5, 0.6) is 0 Å². The summed E-state index contributed by atoms with van der Waals surface area (Å²) < 4.78 is 6.46. The summed E-state index contributed by atoms with van der Waals surface area (Å²) in [6, 6.07) is 6.28. The largest absolute Gasteiger partial charge is 0.444 e. The second-order valence-corrected chi connectivity index (χ2v) is 9.80. The summed E-state index contributed by atoms with van der Waals surface area (Å²) in [7, 11) is 1.57. The van der Waals surface area contributed by atoms with Crippen molar-refractivity contribution >= 4 is 29.1 Å². The zero-order valence-electron chi connectivity index (χ0n) is 19.9. The molecule has 9 heteroatoms. The maximum Gasteiger partial charge on any atom is 0.407 e. The molecule has 1 amide bonds. The number of carbonyl (C=O) groups is 1. The number of hydrogen-bond donors (Lipinski definition) is 2. The lowest BCUT2D eigenvalue weighted by atomic mass is 9.98. The van der Waals surface area contributed by atoms with Gasteiger partial charge in [-0.05, 0) is 69.8 Å². The number of nitrogens with one attached hydrogen (secondary N) is 2. The summed E-state index contributed by atoms with van der Waals surface area (Å²) in [6.07, 6.45) is 5.30. The van der Waals surface area contributed by atoms with Crippen molar-refractivity contribution in [3.05, 3.63) is 50.9 Å². The minimum Gasteiger partial charge on any atom is -0.444 e. The standard InChI is InChI=1S/C24H34ClN5O3/c1-24(2,3)33-23(32)26-11-6-5-7-12-30-13-10-17-14-19(9-8-18(17)16-30)28-20-15-27-29(4)22(31)21(20)25/h8-9,14-15,28H,5-7,10-13,16H2,1-4H3,(H,26,32). The molecule has 0 atom stereocenters. The normalized spacial score (nSPS) is 14.0. The summed E-state index contributed by atoms with van der Waals surface area (Å²) in [6.45, 7) is 9.21. The number of alkyl carbamates (subject to hydrolysis) is 1. The molecule has 2 heterocycles. The molecular formula is C24H34ClN5O3. The van der Waals surface area contributed by atoms with Crippen molar-refractivity contribution in [3.63, 3.8) is 0 Å². The van der Waals surface area contributed by atoms with Crippen LogP contribution in [0.2, 0.25) is 5.02 Å². The lowest BCUT2D eigenvalue weighted by Crippen LogP contribution is -2.33. The molecule has 1 aromatic heterocycles. The molecule has 0 aliphatic carbocycles. The van der Waals surface area contributed by atoms with Crippen LogP contribution in [0.3, 0.4) is 0 Å². The highest BCUT2D eigenvalue weighted by atomic mass is 35.5. The van der Waals surface area contributed by atoms with E-state index < -0.39 is 5.60 Å². The first kappa shape index (κ1) is 25.1. The Morgan fingerprint density at radius 2 is 2.00 bits per heavy atom. The maximum absolute atomic E-state index is 12.0. The number of aryl methyl sites for hydroxylation is 1. The topological polar surface area (TPSA) is 88.5 Å². The number of aromatic nitrogens is 2. The smallest absolute Gasteiger partial charge is 0.407 e. The monoisotopic (exact) mass is 475 g/mol. The molecule has 1 aliphatic rings. The average Bonchev–Trinajstić information content (AvgIpc) is 2.75. The number of hydrogen-bond acceptors (Lipinski definition) is 6. The van der Waals surface area contributed by atoms with Gasteiger partial charge in [-0.3, -0.25) is 9.69 Å². The van der Waals surface area contributed by atoms with Gasteiger partial charge in [-0.1, -0.05) is 24.1 Å². The van der Waals surface area contributed by atoms with E-state index in [1.165, 1.54) is 15.8 Å². The fraction of sp³-hybridized carbons (Fsp3) is 0.542. The van der Waals surface area contributed by atoms with Gasteiger partial charge in [0.15, 0.2) is 0 Å². The molecule has 8 nitrogen and oxygen atoms in total. The summed E-state index contributed by atoms with van der Waals surface area (Å²) >= 11 is 6.16. The van der Waals surface area contributed by atoms with Crippen LogP contribution >= 0.6 is 11.6 Å². The van der Waals surface area contributed by atoms with E-state index in [0.29, 0.717) is 12.2 Å². The van der Waals surface area contributed by atoms with Crippen LogP contribution in [-0.2, 0) is 24.8 Å². The number of nitrogens with zero attached hydrogens (tertiary/aromatic N) is 3. The Kier molecular flexibility index (Phi) is 8.37. The van der Waals surface area contributed by atoms with E-state index in [1.807, 2.05) is 26.8 Å². The quantitative estimate of drug-likeness (QED) is 0.555. The van der Waals surface area contributed by atoms with Gasteiger partial charge < -0.3 is 15.4 Å². The van der Waals surface area contributed by atoms with Crippen LogP contribution in [0.25, 0.3) is 0 Å². The number of halogens is 1. The molecule has 0 bridgehead atoms. The van der Waals surface area contributed by atoms with E-state index in [0.717, 1.165) is 51.0 Å². The first-order chi connectivity index (χ1) is 15.6. The Hall–Kier alpha value is -2.58. The molecular weight excluding hydrogens is 442 g/mol. The molecule has 180 valence electrons. The molecule has 3 rings (SSSR count). The van der Waals surface area contributed by atoms with Crippen molar-refractivity contribution in [1.82, 2.24) is 20.0 Å². The molecule has 2 N–H and O–H groups in total. The number of unbranched alkanes of at least 4 members (excludes halogenated alkanes) is 2. The fourth-order valence-electron chi connectivity index (χ4n) is 3.78. The van der Waals surface area contributed by atoms with Gasteiger partial charge in [-0.25, -0.2) is 9.48 Å². The predicted octanol–water partition coefficient (Wildman–Crippen LogP) is 4.23. The van der Waals surface area contributed by atoms with Crippen LogP contribution < -0.4 is 16.2 Å². The average molecular weight is 476 g/mol. The molecule has 33 heavy (non-hydrogen) atoms. The Morgan fingerprint density at radius 3 is 2.76 bits per heavy atom. The van der Waals surface area contributed by atoms with E-state index in [4.69, 9.17) is 16.3 Å². The predicted molar refractivity (Wildman–Crippen MR) is 131 cm³/mol. The third-order valence-electron chi connectivity index (χ3n) is 5.47. The highest BCUT2D eigenvalue weighted by Gasteiger charge is 2.17. The Balaban J connectivity index is 1.42.